The lowest BCUT2D eigenvalue weighted by atomic mass is 10.2. The maximum atomic E-state index is 12.7. The van der Waals surface area contributed by atoms with Crippen molar-refractivity contribution in [2.24, 2.45) is 0 Å². The molecule has 1 aromatic heterocycles. The number of hydrogen-bond acceptors (Lipinski definition) is 3. The van der Waals surface area contributed by atoms with E-state index in [0.717, 1.165) is 11.4 Å². The number of amides is 1. The minimum absolute atomic E-state index is 0.0761. The van der Waals surface area contributed by atoms with Crippen molar-refractivity contribution in [1.29, 1.82) is 0 Å². The van der Waals surface area contributed by atoms with Crippen LogP contribution in [0.3, 0.4) is 0 Å². The second kappa shape index (κ2) is 5.77. The second-order valence-corrected chi connectivity index (χ2v) is 4.59. The van der Waals surface area contributed by atoms with E-state index in [1.165, 1.54) is 0 Å². The molecular weight excluding hydrogens is 252 g/mol. The van der Waals surface area contributed by atoms with Gasteiger partial charge in [0.25, 0.3) is 5.91 Å². The van der Waals surface area contributed by atoms with Crippen LogP contribution in [-0.2, 0) is 6.54 Å². The molecule has 1 aromatic carbocycles. The Kier molecular flexibility index (Phi) is 4.08. The predicted octanol–water partition coefficient (Wildman–Crippen LogP) is 2.46. The van der Waals surface area contributed by atoms with Crippen LogP contribution in [0.25, 0.3) is 0 Å². The smallest absolute Gasteiger partial charge is 0.276 e. The molecule has 1 amide bonds. The highest BCUT2D eigenvalue weighted by atomic mass is 16.2. The van der Waals surface area contributed by atoms with Gasteiger partial charge >= 0.3 is 0 Å². The molecule has 0 saturated carbocycles. The maximum absolute atomic E-state index is 12.7. The van der Waals surface area contributed by atoms with Gasteiger partial charge in [0.1, 0.15) is 5.69 Å². The lowest BCUT2D eigenvalue weighted by Gasteiger charge is -2.22. The number of rotatable bonds is 4. The molecule has 0 saturated heterocycles. The van der Waals surface area contributed by atoms with Gasteiger partial charge < -0.3 is 10.6 Å². The first-order valence-corrected chi connectivity index (χ1v) is 6.79. The normalized spacial score (nSPS) is 10.6. The zero-order valence-electron chi connectivity index (χ0n) is 12.1. The molecule has 0 aliphatic rings. The lowest BCUT2D eigenvalue weighted by molar-refractivity contribution is 0.0978. The number of aromatic nitrogens is 2. The SMILES string of the molecule is CCN(C(=O)c1cc(C)nn1CC)c1ccccc1N. The predicted molar refractivity (Wildman–Crippen MR) is 80.8 cm³/mol. The Labute approximate surface area is 119 Å². The van der Waals surface area contributed by atoms with Crippen LogP contribution < -0.4 is 10.6 Å². The van der Waals surface area contributed by atoms with Crippen LogP contribution in [0.1, 0.15) is 30.0 Å². The lowest BCUT2D eigenvalue weighted by Crippen LogP contribution is -2.33. The van der Waals surface area contributed by atoms with Gasteiger partial charge in [-0.15, -0.1) is 0 Å². The topological polar surface area (TPSA) is 64.2 Å². The molecule has 0 aliphatic heterocycles. The van der Waals surface area contributed by atoms with Crippen molar-refractivity contribution in [3.8, 4) is 0 Å². The van der Waals surface area contributed by atoms with Crippen LogP contribution in [0, 0.1) is 6.92 Å². The number of para-hydroxylation sites is 2. The number of nitrogens with two attached hydrogens (primary N) is 1. The summed E-state index contributed by atoms with van der Waals surface area (Å²) in [5.41, 5.74) is 8.74. The number of aryl methyl sites for hydroxylation is 2. The minimum Gasteiger partial charge on any atom is -0.397 e. The highest BCUT2D eigenvalue weighted by Crippen LogP contribution is 2.24. The molecule has 2 aromatic rings. The summed E-state index contributed by atoms with van der Waals surface area (Å²) in [6, 6.07) is 9.21. The summed E-state index contributed by atoms with van der Waals surface area (Å²) in [4.78, 5) is 14.4. The highest BCUT2D eigenvalue weighted by molar-refractivity contribution is 6.06. The van der Waals surface area contributed by atoms with Crippen LogP contribution in [0.4, 0.5) is 11.4 Å². The average molecular weight is 272 g/mol. The molecule has 0 unspecified atom stereocenters. The molecule has 5 nitrogen and oxygen atoms in total. The van der Waals surface area contributed by atoms with Gasteiger partial charge in [0, 0.05) is 13.1 Å². The Morgan fingerprint density at radius 3 is 2.65 bits per heavy atom. The van der Waals surface area contributed by atoms with E-state index in [9.17, 15) is 4.79 Å². The highest BCUT2D eigenvalue weighted by Gasteiger charge is 2.21. The third kappa shape index (κ3) is 2.52. The van der Waals surface area contributed by atoms with Crippen molar-refractivity contribution < 1.29 is 4.79 Å². The summed E-state index contributed by atoms with van der Waals surface area (Å²) < 4.78 is 1.72. The number of hydrogen-bond donors (Lipinski definition) is 1. The van der Waals surface area contributed by atoms with Crippen molar-refractivity contribution in [3.05, 3.63) is 41.7 Å². The summed E-state index contributed by atoms with van der Waals surface area (Å²) in [6.45, 7) is 7.01. The molecule has 2 rings (SSSR count). The molecule has 0 aliphatic carbocycles. The third-order valence-corrected chi connectivity index (χ3v) is 3.21. The number of nitrogen functional groups attached to an aromatic ring is 1. The standard InChI is InChI=1S/C15H20N4O/c1-4-18(13-9-7-6-8-12(13)16)15(20)14-10-11(3)17-19(14)5-2/h6-10H,4-5,16H2,1-3H3. The third-order valence-electron chi connectivity index (χ3n) is 3.21. The van der Waals surface area contributed by atoms with Gasteiger partial charge in [-0.3, -0.25) is 9.48 Å². The van der Waals surface area contributed by atoms with Gasteiger partial charge in [0.05, 0.1) is 17.1 Å². The van der Waals surface area contributed by atoms with Crippen LogP contribution >= 0.6 is 0 Å². The van der Waals surface area contributed by atoms with Crippen molar-refractivity contribution in [1.82, 2.24) is 9.78 Å². The zero-order valence-corrected chi connectivity index (χ0v) is 12.1. The van der Waals surface area contributed by atoms with Gasteiger partial charge in [0.2, 0.25) is 0 Å². The Morgan fingerprint density at radius 1 is 1.35 bits per heavy atom. The summed E-state index contributed by atoms with van der Waals surface area (Å²) in [5, 5.41) is 4.32. The van der Waals surface area contributed by atoms with E-state index in [1.54, 1.807) is 15.6 Å². The van der Waals surface area contributed by atoms with E-state index in [4.69, 9.17) is 5.73 Å². The fourth-order valence-corrected chi connectivity index (χ4v) is 2.25. The Hall–Kier alpha value is -2.30. The first-order chi connectivity index (χ1) is 9.58. The molecular formula is C15H20N4O. The average Bonchev–Trinajstić information content (AvgIpc) is 2.82. The molecule has 0 atom stereocenters. The number of carbonyl (C=O) groups is 1. The fourth-order valence-electron chi connectivity index (χ4n) is 2.25. The summed E-state index contributed by atoms with van der Waals surface area (Å²) in [7, 11) is 0. The summed E-state index contributed by atoms with van der Waals surface area (Å²) >= 11 is 0. The van der Waals surface area contributed by atoms with Gasteiger partial charge in [-0.05, 0) is 39.0 Å². The van der Waals surface area contributed by atoms with E-state index >= 15 is 0 Å². The number of carbonyl (C=O) groups excluding carboxylic acids is 1. The second-order valence-electron chi connectivity index (χ2n) is 4.59. The number of anilines is 2. The molecule has 1 heterocycles. The van der Waals surface area contributed by atoms with E-state index in [1.807, 2.05) is 45.0 Å². The zero-order chi connectivity index (χ0) is 14.7. The van der Waals surface area contributed by atoms with Crippen LogP contribution in [0.5, 0.6) is 0 Å². The first-order valence-electron chi connectivity index (χ1n) is 6.79. The molecule has 2 N–H and O–H groups in total. The van der Waals surface area contributed by atoms with E-state index in [2.05, 4.69) is 5.10 Å². The summed E-state index contributed by atoms with van der Waals surface area (Å²) in [5.74, 6) is -0.0761. The van der Waals surface area contributed by atoms with Crippen molar-refractivity contribution in [3.63, 3.8) is 0 Å². The molecule has 5 heteroatoms. The Balaban J connectivity index is 2.42. The quantitative estimate of drug-likeness (QED) is 0.869. The van der Waals surface area contributed by atoms with E-state index in [-0.39, 0.29) is 5.91 Å². The molecule has 0 fully saturated rings. The maximum Gasteiger partial charge on any atom is 0.276 e. The van der Waals surface area contributed by atoms with E-state index in [0.29, 0.717) is 24.5 Å². The van der Waals surface area contributed by atoms with Crippen molar-refractivity contribution >= 4 is 17.3 Å². The number of nitrogens with zero attached hydrogens (tertiary/aromatic N) is 3. The molecule has 0 radical (unpaired) electrons. The van der Waals surface area contributed by atoms with E-state index < -0.39 is 0 Å². The van der Waals surface area contributed by atoms with Crippen LogP contribution in [0.2, 0.25) is 0 Å². The molecule has 20 heavy (non-hydrogen) atoms. The van der Waals surface area contributed by atoms with Crippen molar-refractivity contribution in [2.75, 3.05) is 17.2 Å². The minimum atomic E-state index is -0.0761. The Bertz CT molecular complexity index is 618. The van der Waals surface area contributed by atoms with Crippen LogP contribution in [-0.4, -0.2) is 22.2 Å². The molecule has 0 bridgehead atoms. The Morgan fingerprint density at radius 2 is 2.05 bits per heavy atom. The molecule has 106 valence electrons. The van der Waals surface area contributed by atoms with Gasteiger partial charge in [-0.1, -0.05) is 12.1 Å². The van der Waals surface area contributed by atoms with Gasteiger partial charge in [-0.2, -0.15) is 5.10 Å². The van der Waals surface area contributed by atoms with Gasteiger partial charge in [0.15, 0.2) is 0 Å². The fraction of sp³-hybridized carbons (Fsp3) is 0.333. The number of benzene rings is 1. The summed E-state index contributed by atoms with van der Waals surface area (Å²) in [6.07, 6.45) is 0. The van der Waals surface area contributed by atoms with Crippen LogP contribution in [0.15, 0.2) is 30.3 Å². The first kappa shape index (κ1) is 14.1. The molecule has 0 spiro atoms. The van der Waals surface area contributed by atoms with Gasteiger partial charge in [-0.25, -0.2) is 0 Å². The monoisotopic (exact) mass is 272 g/mol. The largest absolute Gasteiger partial charge is 0.397 e. The van der Waals surface area contributed by atoms with Crippen molar-refractivity contribution in [2.45, 2.75) is 27.3 Å².